The predicted molar refractivity (Wildman–Crippen MR) is 51.8 cm³/mol. The SMILES string of the molecule is O=C(c1ccc(Cl)c(Cl)c1Cl)C(F)F. The number of ketones is 1. The predicted octanol–water partition coefficient (Wildman–Crippen LogP) is 4.09. The van der Waals surface area contributed by atoms with Gasteiger partial charge in [0.1, 0.15) is 0 Å². The second-order valence-corrected chi connectivity index (χ2v) is 3.55. The van der Waals surface area contributed by atoms with Crippen LogP contribution in [0, 0.1) is 0 Å². The molecule has 0 aliphatic rings. The molecule has 0 heterocycles. The Kier molecular flexibility index (Phi) is 3.70. The van der Waals surface area contributed by atoms with Gasteiger partial charge >= 0.3 is 6.43 Å². The lowest BCUT2D eigenvalue weighted by Crippen LogP contribution is -2.10. The van der Waals surface area contributed by atoms with Crippen molar-refractivity contribution in [1.29, 1.82) is 0 Å². The van der Waals surface area contributed by atoms with E-state index in [0.29, 0.717) is 0 Å². The lowest BCUT2D eigenvalue weighted by molar-refractivity contribution is 0.0679. The van der Waals surface area contributed by atoms with Gasteiger partial charge in [0.15, 0.2) is 0 Å². The van der Waals surface area contributed by atoms with Gasteiger partial charge in [0.05, 0.1) is 15.1 Å². The molecule has 76 valence electrons. The first-order valence-electron chi connectivity index (χ1n) is 3.41. The van der Waals surface area contributed by atoms with E-state index in [0.717, 1.165) is 6.07 Å². The summed E-state index contributed by atoms with van der Waals surface area (Å²) < 4.78 is 24.1. The van der Waals surface area contributed by atoms with Crippen LogP contribution in [0.5, 0.6) is 0 Å². The van der Waals surface area contributed by atoms with E-state index < -0.39 is 12.2 Å². The van der Waals surface area contributed by atoms with Crippen LogP contribution < -0.4 is 0 Å². The van der Waals surface area contributed by atoms with Crippen molar-refractivity contribution in [1.82, 2.24) is 0 Å². The summed E-state index contributed by atoms with van der Waals surface area (Å²) in [6, 6.07) is 2.36. The van der Waals surface area contributed by atoms with Crippen LogP contribution in [0.25, 0.3) is 0 Å². The molecule has 0 atom stereocenters. The molecule has 6 heteroatoms. The van der Waals surface area contributed by atoms with Gasteiger partial charge in [-0.3, -0.25) is 4.79 Å². The van der Waals surface area contributed by atoms with Gasteiger partial charge in [-0.2, -0.15) is 0 Å². The van der Waals surface area contributed by atoms with Crippen LogP contribution >= 0.6 is 34.8 Å². The molecule has 1 aromatic carbocycles. The third-order valence-electron chi connectivity index (χ3n) is 1.50. The molecular weight excluding hydrogens is 256 g/mol. The van der Waals surface area contributed by atoms with Crippen LogP contribution in [0.2, 0.25) is 15.1 Å². The fourth-order valence-electron chi connectivity index (χ4n) is 0.834. The number of alkyl halides is 2. The van der Waals surface area contributed by atoms with Gasteiger partial charge in [-0.15, -0.1) is 0 Å². The molecule has 0 aliphatic carbocycles. The van der Waals surface area contributed by atoms with Gasteiger partial charge < -0.3 is 0 Å². The van der Waals surface area contributed by atoms with E-state index in [2.05, 4.69) is 0 Å². The first kappa shape index (κ1) is 11.7. The van der Waals surface area contributed by atoms with Crippen molar-refractivity contribution in [2.45, 2.75) is 6.43 Å². The largest absolute Gasteiger partial charge is 0.300 e. The van der Waals surface area contributed by atoms with Crippen molar-refractivity contribution in [2.24, 2.45) is 0 Å². The topological polar surface area (TPSA) is 17.1 Å². The molecule has 0 radical (unpaired) electrons. The van der Waals surface area contributed by atoms with Gasteiger partial charge in [0, 0.05) is 5.56 Å². The average Bonchev–Trinajstić information content (AvgIpc) is 2.13. The smallest absolute Gasteiger partial charge is 0.288 e. The number of benzene rings is 1. The Hall–Kier alpha value is -0.380. The fraction of sp³-hybridized carbons (Fsp3) is 0.125. The van der Waals surface area contributed by atoms with Gasteiger partial charge in [-0.05, 0) is 12.1 Å². The summed E-state index contributed by atoms with van der Waals surface area (Å²) in [5.74, 6) is -1.37. The summed E-state index contributed by atoms with van der Waals surface area (Å²) >= 11 is 16.7. The quantitative estimate of drug-likeness (QED) is 0.577. The van der Waals surface area contributed by atoms with E-state index in [1.807, 2.05) is 0 Å². The second-order valence-electron chi connectivity index (χ2n) is 2.39. The van der Waals surface area contributed by atoms with Gasteiger partial charge in [0.25, 0.3) is 0 Å². The van der Waals surface area contributed by atoms with Crippen molar-refractivity contribution in [2.75, 3.05) is 0 Å². The molecule has 0 N–H and O–H groups in total. The first-order valence-corrected chi connectivity index (χ1v) is 4.54. The highest BCUT2D eigenvalue weighted by Gasteiger charge is 2.22. The van der Waals surface area contributed by atoms with Crippen molar-refractivity contribution in [3.8, 4) is 0 Å². The molecule has 0 bridgehead atoms. The zero-order valence-corrected chi connectivity index (χ0v) is 8.80. The Morgan fingerprint density at radius 2 is 1.71 bits per heavy atom. The van der Waals surface area contributed by atoms with Gasteiger partial charge in [-0.1, -0.05) is 34.8 Å². The molecule has 0 amide bonds. The summed E-state index contributed by atoms with van der Waals surface area (Å²) in [7, 11) is 0. The maximum atomic E-state index is 12.0. The minimum atomic E-state index is -3.11. The van der Waals surface area contributed by atoms with E-state index in [-0.39, 0.29) is 20.6 Å². The Morgan fingerprint density at radius 3 is 2.21 bits per heavy atom. The molecule has 0 saturated carbocycles. The highest BCUT2D eigenvalue weighted by molar-refractivity contribution is 6.49. The Bertz CT molecular complexity index is 379. The number of carbonyl (C=O) groups is 1. The molecule has 0 saturated heterocycles. The first-order chi connectivity index (χ1) is 6.45. The third kappa shape index (κ3) is 2.16. The highest BCUT2D eigenvalue weighted by Crippen LogP contribution is 2.33. The molecule has 14 heavy (non-hydrogen) atoms. The lowest BCUT2D eigenvalue weighted by Gasteiger charge is -2.05. The van der Waals surface area contributed by atoms with Crippen LogP contribution in [0.15, 0.2) is 12.1 Å². The van der Waals surface area contributed by atoms with E-state index >= 15 is 0 Å². The number of rotatable bonds is 2. The molecule has 0 spiro atoms. The third-order valence-corrected chi connectivity index (χ3v) is 2.79. The molecule has 0 fully saturated rings. The lowest BCUT2D eigenvalue weighted by atomic mass is 10.1. The normalized spacial score (nSPS) is 10.7. The van der Waals surface area contributed by atoms with Crippen LogP contribution in [-0.2, 0) is 0 Å². The summed E-state index contributed by atoms with van der Waals surface area (Å²) in [4.78, 5) is 10.9. The van der Waals surface area contributed by atoms with E-state index in [1.54, 1.807) is 0 Å². The Balaban J connectivity index is 3.24. The summed E-state index contributed by atoms with van der Waals surface area (Å²) in [5.41, 5.74) is -0.323. The molecule has 1 nitrogen and oxygen atoms in total. The van der Waals surface area contributed by atoms with Crippen molar-refractivity contribution >= 4 is 40.6 Å². The van der Waals surface area contributed by atoms with Crippen molar-refractivity contribution in [3.05, 3.63) is 32.8 Å². The second kappa shape index (κ2) is 4.43. The number of hydrogen-bond acceptors (Lipinski definition) is 1. The average molecular weight is 259 g/mol. The van der Waals surface area contributed by atoms with Crippen LogP contribution in [-0.4, -0.2) is 12.2 Å². The minimum absolute atomic E-state index is 0.0974. The molecule has 1 rings (SSSR count). The monoisotopic (exact) mass is 258 g/mol. The standard InChI is InChI=1S/C8H3Cl3F2O/c9-4-2-1-3(5(10)6(4)11)7(14)8(12)13/h1-2,8H. The van der Waals surface area contributed by atoms with Crippen molar-refractivity contribution < 1.29 is 13.6 Å². The van der Waals surface area contributed by atoms with Crippen LogP contribution in [0.3, 0.4) is 0 Å². The van der Waals surface area contributed by atoms with E-state index in [1.165, 1.54) is 6.07 Å². The maximum absolute atomic E-state index is 12.0. The molecule has 1 aromatic rings. The number of hydrogen-bond donors (Lipinski definition) is 0. The van der Waals surface area contributed by atoms with Crippen LogP contribution in [0.1, 0.15) is 10.4 Å². The highest BCUT2D eigenvalue weighted by atomic mass is 35.5. The summed E-state index contributed by atoms with van der Waals surface area (Å²) in [6.07, 6.45) is -3.11. The Labute approximate surface area is 93.6 Å². The summed E-state index contributed by atoms with van der Waals surface area (Å²) in [5, 5.41) is -0.230. The fourth-order valence-corrected chi connectivity index (χ4v) is 1.46. The summed E-state index contributed by atoms with van der Waals surface area (Å²) in [6.45, 7) is 0. The molecule has 0 unspecified atom stereocenters. The molecular formula is C8H3Cl3F2O. The van der Waals surface area contributed by atoms with E-state index in [4.69, 9.17) is 34.8 Å². The number of carbonyl (C=O) groups excluding carboxylic acids is 1. The van der Waals surface area contributed by atoms with Gasteiger partial charge in [0.2, 0.25) is 5.78 Å². The van der Waals surface area contributed by atoms with Crippen LogP contribution in [0.4, 0.5) is 8.78 Å². The maximum Gasteiger partial charge on any atom is 0.300 e. The minimum Gasteiger partial charge on any atom is -0.288 e. The zero-order valence-electron chi connectivity index (χ0n) is 6.53. The number of Topliss-reactive ketones (excluding diaryl/α,β-unsaturated/α-hetero) is 1. The number of halogens is 5. The zero-order chi connectivity index (χ0) is 10.9. The molecule has 0 aromatic heterocycles. The van der Waals surface area contributed by atoms with Gasteiger partial charge in [-0.25, -0.2) is 8.78 Å². The van der Waals surface area contributed by atoms with E-state index in [9.17, 15) is 13.6 Å². The molecule has 0 aliphatic heterocycles. The Morgan fingerprint density at radius 1 is 1.14 bits per heavy atom. The van der Waals surface area contributed by atoms with Crippen molar-refractivity contribution in [3.63, 3.8) is 0 Å².